The lowest BCUT2D eigenvalue weighted by Gasteiger charge is -2.20. The maximum absolute atomic E-state index is 5.95. The van der Waals surface area contributed by atoms with Gasteiger partial charge in [-0.25, -0.2) is 0 Å². The Kier molecular flexibility index (Phi) is 3.94. The molecular formula is C14H17BrClNO. The Balaban J connectivity index is 1.60. The number of ether oxygens (including phenoxy) is 1. The molecule has 98 valence electrons. The van der Waals surface area contributed by atoms with Crippen molar-refractivity contribution < 1.29 is 4.74 Å². The Morgan fingerprint density at radius 3 is 2.89 bits per heavy atom. The van der Waals surface area contributed by atoms with Crippen molar-refractivity contribution in [2.24, 2.45) is 5.92 Å². The summed E-state index contributed by atoms with van der Waals surface area (Å²) in [5.74, 6) is 0.804. The molecule has 1 heterocycles. The summed E-state index contributed by atoms with van der Waals surface area (Å²) in [5.41, 5.74) is 1.25. The summed E-state index contributed by atoms with van der Waals surface area (Å²) < 4.78 is 6.91. The monoisotopic (exact) mass is 329 g/mol. The van der Waals surface area contributed by atoms with Crippen LogP contribution in [0.15, 0.2) is 22.7 Å². The van der Waals surface area contributed by atoms with E-state index in [1.807, 2.05) is 12.1 Å². The van der Waals surface area contributed by atoms with Gasteiger partial charge in [0, 0.05) is 28.7 Å². The predicted octanol–water partition coefficient (Wildman–Crippen LogP) is 3.76. The first kappa shape index (κ1) is 12.9. The predicted molar refractivity (Wildman–Crippen MR) is 76.9 cm³/mol. The van der Waals surface area contributed by atoms with Crippen molar-refractivity contribution in [2.75, 3.05) is 6.61 Å². The summed E-state index contributed by atoms with van der Waals surface area (Å²) in [6.45, 7) is 1.77. The number of halogens is 2. The number of benzene rings is 1. The molecule has 1 aliphatic carbocycles. The van der Waals surface area contributed by atoms with Gasteiger partial charge >= 0.3 is 0 Å². The summed E-state index contributed by atoms with van der Waals surface area (Å²) in [5, 5.41) is 4.40. The Labute approximate surface area is 121 Å². The molecule has 2 aliphatic rings. The molecule has 1 N–H and O–H groups in total. The van der Waals surface area contributed by atoms with Crippen molar-refractivity contribution in [3.63, 3.8) is 0 Å². The second-order valence-electron chi connectivity index (χ2n) is 5.18. The van der Waals surface area contributed by atoms with Crippen molar-refractivity contribution in [2.45, 2.75) is 38.0 Å². The summed E-state index contributed by atoms with van der Waals surface area (Å²) in [7, 11) is 0. The van der Waals surface area contributed by atoms with Crippen LogP contribution in [0.1, 0.15) is 24.8 Å². The zero-order valence-corrected chi connectivity index (χ0v) is 12.5. The number of nitrogens with one attached hydrogen (secondary N) is 1. The third kappa shape index (κ3) is 2.90. The molecule has 1 aliphatic heterocycles. The third-order valence-electron chi connectivity index (χ3n) is 3.79. The Morgan fingerprint density at radius 2 is 2.17 bits per heavy atom. The van der Waals surface area contributed by atoms with Crippen LogP contribution in [0.5, 0.6) is 0 Å². The highest BCUT2D eigenvalue weighted by Gasteiger charge is 2.40. The van der Waals surface area contributed by atoms with Gasteiger partial charge < -0.3 is 10.1 Å². The van der Waals surface area contributed by atoms with Crippen LogP contribution < -0.4 is 5.32 Å². The lowest BCUT2D eigenvalue weighted by atomic mass is 10.1. The molecule has 0 amide bonds. The number of rotatable bonds is 4. The molecule has 3 rings (SSSR count). The standard InChI is InChI=1S/C14H17BrClNO/c15-12-7-11(16)4-3-10(12)8-17-13-5-6-18-14(13)9-1-2-9/h3-4,7,9,13-14,17H,1-2,5-6,8H2. The minimum absolute atomic E-state index is 0.441. The molecule has 0 spiro atoms. The van der Waals surface area contributed by atoms with E-state index >= 15 is 0 Å². The summed E-state index contributed by atoms with van der Waals surface area (Å²) in [6.07, 6.45) is 4.25. The van der Waals surface area contributed by atoms with Crippen LogP contribution in [0.25, 0.3) is 0 Å². The van der Waals surface area contributed by atoms with Gasteiger partial charge in [-0.3, -0.25) is 0 Å². The van der Waals surface area contributed by atoms with Gasteiger partial charge in [-0.1, -0.05) is 33.6 Å². The van der Waals surface area contributed by atoms with Crippen molar-refractivity contribution in [3.05, 3.63) is 33.3 Å². The highest BCUT2D eigenvalue weighted by molar-refractivity contribution is 9.10. The summed E-state index contributed by atoms with van der Waals surface area (Å²) in [6, 6.07) is 6.47. The fourth-order valence-electron chi connectivity index (χ4n) is 2.63. The second-order valence-corrected chi connectivity index (χ2v) is 6.48. The van der Waals surface area contributed by atoms with Crippen molar-refractivity contribution >= 4 is 27.5 Å². The van der Waals surface area contributed by atoms with Gasteiger partial charge in [0.25, 0.3) is 0 Å². The zero-order valence-electron chi connectivity index (χ0n) is 10.2. The van der Waals surface area contributed by atoms with Crippen LogP contribution in [0.3, 0.4) is 0 Å². The molecular weight excluding hydrogens is 314 g/mol. The average Bonchev–Trinajstić information content (AvgIpc) is 3.08. The van der Waals surface area contributed by atoms with E-state index in [4.69, 9.17) is 16.3 Å². The van der Waals surface area contributed by atoms with Gasteiger partial charge in [-0.2, -0.15) is 0 Å². The largest absolute Gasteiger partial charge is 0.376 e. The maximum atomic E-state index is 5.95. The topological polar surface area (TPSA) is 21.3 Å². The summed E-state index contributed by atoms with van der Waals surface area (Å²) in [4.78, 5) is 0. The number of hydrogen-bond acceptors (Lipinski definition) is 2. The van der Waals surface area contributed by atoms with Gasteiger partial charge in [0.2, 0.25) is 0 Å². The van der Waals surface area contributed by atoms with E-state index in [-0.39, 0.29) is 0 Å². The lowest BCUT2D eigenvalue weighted by Crippen LogP contribution is -2.37. The van der Waals surface area contributed by atoms with E-state index in [9.17, 15) is 0 Å². The molecule has 1 aromatic carbocycles. The average molecular weight is 331 g/mol. The molecule has 2 unspecified atom stereocenters. The van der Waals surface area contributed by atoms with Crippen LogP contribution in [0.4, 0.5) is 0 Å². The molecule has 1 aromatic rings. The summed E-state index contributed by atoms with van der Waals surface area (Å²) >= 11 is 9.50. The second kappa shape index (κ2) is 5.49. The van der Waals surface area contributed by atoms with Crippen molar-refractivity contribution in [3.8, 4) is 0 Å². The smallest absolute Gasteiger partial charge is 0.0757 e. The van der Waals surface area contributed by atoms with Gasteiger partial charge in [0.05, 0.1) is 6.10 Å². The van der Waals surface area contributed by atoms with Crippen LogP contribution in [0, 0.1) is 5.92 Å². The molecule has 2 atom stereocenters. The first-order chi connectivity index (χ1) is 8.74. The molecule has 0 aromatic heterocycles. The van der Waals surface area contributed by atoms with Crippen LogP contribution in [0.2, 0.25) is 5.02 Å². The molecule has 1 saturated carbocycles. The minimum Gasteiger partial charge on any atom is -0.376 e. The molecule has 0 radical (unpaired) electrons. The van der Waals surface area contributed by atoms with E-state index < -0.39 is 0 Å². The Hall–Kier alpha value is -0.0900. The van der Waals surface area contributed by atoms with Crippen LogP contribution in [-0.2, 0) is 11.3 Å². The van der Waals surface area contributed by atoms with Crippen molar-refractivity contribution in [1.29, 1.82) is 0 Å². The van der Waals surface area contributed by atoms with E-state index in [2.05, 4.69) is 27.3 Å². The molecule has 2 fully saturated rings. The van der Waals surface area contributed by atoms with Gasteiger partial charge in [-0.05, 0) is 42.9 Å². The lowest BCUT2D eigenvalue weighted by molar-refractivity contribution is 0.0809. The first-order valence-electron chi connectivity index (χ1n) is 6.53. The van der Waals surface area contributed by atoms with Crippen molar-refractivity contribution in [1.82, 2.24) is 5.32 Å². The Bertz CT molecular complexity index is 436. The Morgan fingerprint density at radius 1 is 1.33 bits per heavy atom. The fourth-order valence-corrected chi connectivity index (χ4v) is 3.45. The SMILES string of the molecule is Clc1ccc(CNC2CCOC2C2CC2)c(Br)c1. The van der Waals surface area contributed by atoms with E-state index in [0.29, 0.717) is 12.1 Å². The quantitative estimate of drug-likeness (QED) is 0.907. The fraction of sp³-hybridized carbons (Fsp3) is 0.571. The number of hydrogen-bond donors (Lipinski definition) is 1. The third-order valence-corrected chi connectivity index (χ3v) is 4.77. The molecule has 4 heteroatoms. The van der Waals surface area contributed by atoms with Gasteiger partial charge in [0.15, 0.2) is 0 Å². The first-order valence-corrected chi connectivity index (χ1v) is 7.70. The van der Waals surface area contributed by atoms with Crippen LogP contribution in [-0.4, -0.2) is 18.8 Å². The van der Waals surface area contributed by atoms with Gasteiger partial charge in [0.1, 0.15) is 0 Å². The molecule has 18 heavy (non-hydrogen) atoms. The molecule has 0 bridgehead atoms. The maximum Gasteiger partial charge on any atom is 0.0757 e. The van der Waals surface area contributed by atoms with Gasteiger partial charge in [-0.15, -0.1) is 0 Å². The van der Waals surface area contributed by atoms with E-state index in [1.54, 1.807) is 0 Å². The highest BCUT2D eigenvalue weighted by Crippen LogP contribution is 2.38. The highest BCUT2D eigenvalue weighted by atomic mass is 79.9. The van der Waals surface area contributed by atoms with E-state index in [0.717, 1.165) is 35.0 Å². The van der Waals surface area contributed by atoms with E-state index in [1.165, 1.54) is 18.4 Å². The zero-order chi connectivity index (χ0) is 12.5. The molecule has 1 saturated heterocycles. The normalized spacial score (nSPS) is 27.7. The molecule has 2 nitrogen and oxygen atoms in total. The minimum atomic E-state index is 0.441. The van der Waals surface area contributed by atoms with Crippen LogP contribution >= 0.6 is 27.5 Å².